The molecule has 0 spiro atoms. The first-order valence-corrected chi connectivity index (χ1v) is 7.44. The molecule has 0 unspecified atom stereocenters. The van der Waals surface area contributed by atoms with Crippen molar-refractivity contribution in [2.75, 3.05) is 13.7 Å². The molecule has 0 saturated carbocycles. The molecule has 0 aliphatic heterocycles. The Bertz CT molecular complexity index is 704. The molecule has 0 fully saturated rings. The second kappa shape index (κ2) is 8.03. The maximum Gasteiger partial charge on any atom is 0.161 e. The average molecular weight is 311 g/mol. The van der Waals surface area contributed by atoms with Crippen LogP contribution in [0.2, 0.25) is 0 Å². The summed E-state index contributed by atoms with van der Waals surface area (Å²) in [6.45, 7) is 2.69. The molecule has 0 atom stereocenters. The van der Waals surface area contributed by atoms with Crippen LogP contribution < -0.4 is 14.6 Å². The van der Waals surface area contributed by atoms with Gasteiger partial charge in [0, 0.05) is 0 Å². The minimum atomic E-state index is -1.21. The molecule has 0 heterocycles. The number of benzene rings is 2. The number of rotatable bonds is 7. The topological polar surface area (TPSA) is 58.6 Å². The number of carboxylic acid groups (broad SMARTS) is 1. The standard InChI is InChI=1S/C19H20O4/c1-3-11-23-17-9-8-16(13-18(17)22-2)15-6-4-5-14(12-15)7-10-19(20)21/h4-10,12-13H,3,11H2,1-2H3,(H,20,21)/p-1/b10-7+. The van der Waals surface area contributed by atoms with E-state index in [1.54, 1.807) is 7.11 Å². The monoisotopic (exact) mass is 311 g/mol. The first-order valence-electron chi connectivity index (χ1n) is 7.44. The molecule has 0 aromatic heterocycles. The van der Waals surface area contributed by atoms with Crippen molar-refractivity contribution in [1.29, 1.82) is 0 Å². The smallest absolute Gasteiger partial charge is 0.161 e. The van der Waals surface area contributed by atoms with E-state index < -0.39 is 5.97 Å². The molecule has 4 nitrogen and oxygen atoms in total. The predicted molar refractivity (Wildman–Crippen MR) is 88.3 cm³/mol. The van der Waals surface area contributed by atoms with Gasteiger partial charge in [0.15, 0.2) is 11.5 Å². The Morgan fingerprint density at radius 1 is 1.13 bits per heavy atom. The predicted octanol–water partition coefficient (Wildman–Crippen LogP) is 2.91. The molecule has 0 N–H and O–H groups in total. The van der Waals surface area contributed by atoms with Crippen molar-refractivity contribution < 1.29 is 19.4 Å². The summed E-state index contributed by atoms with van der Waals surface area (Å²) in [5.74, 6) is 0.173. The van der Waals surface area contributed by atoms with Crippen LogP contribution in [0.5, 0.6) is 11.5 Å². The van der Waals surface area contributed by atoms with Crippen LogP contribution in [0.25, 0.3) is 17.2 Å². The van der Waals surface area contributed by atoms with Crippen molar-refractivity contribution in [3.05, 3.63) is 54.1 Å². The largest absolute Gasteiger partial charge is 0.545 e. The van der Waals surface area contributed by atoms with E-state index in [2.05, 4.69) is 0 Å². The molecule has 4 heteroatoms. The Morgan fingerprint density at radius 2 is 1.91 bits per heavy atom. The highest BCUT2D eigenvalue weighted by Crippen LogP contribution is 2.33. The lowest BCUT2D eigenvalue weighted by Crippen LogP contribution is -2.18. The van der Waals surface area contributed by atoms with Crippen LogP contribution in [-0.4, -0.2) is 19.7 Å². The SMILES string of the molecule is CCCOc1ccc(-c2cccc(/C=C/C(=O)[O-])c2)cc1OC. The number of hydrogen-bond acceptors (Lipinski definition) is 4. The second-order valence-corrected chi connectivity index (χ2v) is 4.99. The third kappa shape index (κ3) is 4.61. The molecule has 2 rings (SSSR count). The quantitative estimate of drug-likeness (QED) is 0.738. The van der Waals surface area contributed by atoms with Gasteiger partial charge in [-0.1, -0.05) is 37.3 Å². The summed E-state index contributed by atoms with van der Waals surface area (Å²) in [7, 11) is 1.61. The minimum absolute atomic E-state index is 0.638. The van der Waals surface area contributed by atoms with Gasteiger partial charge in [0.2, 0.25) is 0 Å². The summed E-state index contributed by atoms with van der Waals surface area (Å²) in [6.07, 6.45) is 3.45. The molecule has 2 aromatic carbocycles. The van der Waals surface area contributed by atoms with Crippen LogP contribution >= 0.6 is 0 Å². The summed E-state index contributed by atoms with van der Waals surface area (Å²) < 4.78 is 11.0. The lowest BCUT2D eigenvalue weighted by atomic mass is 10.0. The van der Waals surface area contributed by atoms with E-state index in [1.165, 1.54) is 6.08 Å². The molecule has 23 heavy (non-hydrogen) atoms. The van der Waals surface area contributed by atoms with Crippen molar-refractivity contribution in [1.82, 2.24) is 0 Å². The van der Waals surface area contributed by atoms with E-state index >= 15 is 0 Å². The number of methoxy groups -OCH3 is 1. The fraction of sp³-hybridized carbons (Fsp3) is 0.211. The first-order chi connectivity index (χ1) is 11.1. The van der Waals surface area contributed by atoms with Crippen molar-refractivity contribution >= 4 is 12.0 Å². The third-order valence-electron chi connectivity index (χ3n) is 3.26. The minimum Gasteiger partial charge on any atom is -0.545 e. The summed E-state index contributed by atoms with van der Waals surface area (Å²) >= 11 is 0. The number of carbonyl (C=O) groups excluding carboxylic acids is 1. The highest BCUT2D eigenvalue weighted by atomic mass is 16.5. The highest BCUT2D eigenvalue weighted by Gasteiger charge is 2.07. The zero-order chi connectivity index (χ0) is 16.7. The van der Waals surface area contributed by atoms with Crippen molar-refractivity contribution in [3.63, 3.8) is 0 Å². The van der Waals surface area contributed by atoms with Gasteiger partial charge in [0.05, 0.1) is 19.7 Å². The lowest BCUT2D eigenvalue weighted by Gasteiger charge is -2.12. The molecule has 120 valence electrons. The Morgan fingerprint density at radius 3 is 2.61 bits per heavy atom. The van der Waals surface area contributed by atoms with Gasteiger partial charge < -0.3 is 19.4 Å². The summed E-state index contributed by atoms with van der Waals surface area (Å²) in [5.41, 5.74) is 2.72. The van der Waals surface area contributed by atoms with Gasteiger partial charge in [-0.3, -0.25) is 0 Å². The fourth-order valence-electron chi connectivity index (χ4n) is 2.16. The fourth-order valence-corrected chi connectivity index (χ4v) is 2.16. The van der Waals surface area contributed by atoms with Crippen molar-refractivity contribution in [2.45, 2.75) is 13.3 Å². The van der Waals surface area contributed by atoms with Crippen LogP contribution in [0.4, 0.5) is 0 Å². The normalized spacial score (nSPS) is 10.7. The molecule has 0 aliphatic carbocycles. The molecular formula is C19H19O4-. The average Bonchev–Trinajstić information content (AvgIpc) is 2.58. The number of ether oxygens (including phenoxy) is 2. The Labute approximate surface area is 136 Å². The Kier molecular flexibility index (Phi) is 5.80. The van der Waals surface area contributed by atoms with Gasteiger partial charge >= 0.3 is 0 Å². The summed E-state index contributed by atoms with van der Waals surface area (Å²) in [5, 5.41) is 10.5. The second-order valence-electron chi connectivity index (χ2n) is 4.99. The summed E-state index contributed by atoms with van der Waals surface area (Å²) in [4.78, 5) is 10.5. The van der Waals surface area contributed by atoms with E-state index in [1.807, 2.05) is 49.4 Å². The summed E-state index contributed by atoms with van der Waals surface area (Å²) in [6, 6.07) is 13.3. The number of carboxylic acids is 1. The Balaban J connectivity index is 2.31. The van der Waals surface area contributed by atoms with E-state index in [4.69, 9.17) is 9.47 Å². The molecule has 0 saturated heterocycles. The highest BCUT2D eigenvalue weighted by molar-refractivity contribution is 5.84. The van der Waals surface area contributed by atoms with E-state index in [9.17, 15) is 9.90 Å². The molecular weight excluding hydrogens is 292 g/mol. The maximum absolute atomic E-state index is 10.5. The van der Waals surface area contributed by atoms with Crippen LogP contribution in [0.1, 0.15) is 18.9 Å². The number of aliphatic carboxylic acids is 1. The first kappa shape index (κ1) is 16.6. The molecule has 0 bridgehead atoms. The number of hydrogen-bond donors (Lipinski definition) is 0. The van der Waals surface area contributed by atoms with Crippen LogP contribution in [0, 0.1) is 0 Å². The van der Waals surface area contributed by atoms with Crippen LogP contribution in [0.3, 0.4) is 0 Å². The Hall–Kier alpha value is -2.75. The van der Waals surface area contributed by atoms with E-state index in [-0.39, 0.29) is 0 Å². The van der Waals surface area contributed by atoms with Crippen LogP contribution in [-0.2, 0) is 4.79 Å². The van der Waals surface area contributed by atoms with Gasteiger partial charge in [-0.15, -0.1) is 0 Å². The van der Waals surface area contributed by atoms with E-state index in [0.717, 1.165) is 29.2 Å². The molecule has 0 radical (unpaired) electrons. The van der Waals surface area contributed by atoms with Crippen molar-refractivity contribution in [3.8, 4) is 22.6 Å². The van der Waals surface area contributed by atoms with Gasteiger partial charge in [-0.25, -0.2) is 0 Å². The number of carbonyl (C=O) groups is 1. The van der Waals surface area contributed by atoms with Gasteiger partial charge in [-0.05, 0) is 47.4 Å². The van der Waals surface area contributed by atoms with Gasteiger partial charge in [-0.2, -0.15) is 0 Å². The van der Waals surface area contributed by atoms with Gasteiger partial charge in [0.25, 0.3) is 0 Å². The zero-order valence-corrected chi connectivity index (χ0v) is 13.2. The van der Waals surface area contributed by atoms with Gasteiger partial charge in [0.1, 0.15) is 0 Å². The van der Waals surface area contributed by atoms with Crippen molar-refractivity contribution in [2.24, 2.45) is 0 Å². The lowest BCUT2D eigenvalue weighted by molar-refractivity contribution is -0.297. The molecule has 0 amide bonds. The molecule has 0 aliphatic rings. The van der Waals surface area contributed by atoms with Crippen LogP contribution in [0.15, 0.2) is 48.5 Å². The third-order valence-corrected chi connectivity index (χ3v) is 3.26. The van der Waals surface area contributed by atoms with E-state index in [0.29, 0.717) is 18.1 Å². The maximum atomic E-state index is 10.5. The molecule has 2 aromatic rings. The zero-order valence-electron chi connectivity index (χ0n) is 13.2.